The zero-order valence-electron chi connectivity index (χ0n) is 14.0. The van der Waals surface area contributed by atoms with Gasteiger partial charge in [-0.25, -0.2) is 4.79 Å². The molecular weight excluding hydrogens is 334 g/mol. The number of likely N-dealkylation sites (N-methyl/N-ethyl adjacent to an activating group) is 1. The maximum absolute atomic E-state index is 13.3. The minimum atomic E-state index is -3.61. The number of para-hydroxylation sites is 1. The lowest BCUT2D eigenvalue weighted by atomic mass is 9.95. The first kappa shape index (κ1) is 16.4. The monoisotopic (exact) mass is 354 g/mol. The van der Waals surface area contributed by atoms with Crippen LogP contribution in [0.15, 0.2) is 18.2 Å². The maximum atomic E-state index is 13.3. The summed E-state index contributed by atoms with van der Waals surface area (Å²) in [5.41, 5.74) is 0.248. The van der Waals surface area contributed by atoms with Gasteiger partial charge >= 0.3 is 12.4 Å². The smallest absolute Gasteiger partial charge is 0.441 e. The first-order valence-corrected chi connectivity index (χ1v) is 8.40. The largest absolute Gasteiger partial charge is 0.586 e. The Labute approximate surface area is 144 Å². The third-order valence-electron chi connectivity index (χ3n) is 5.04. The van der Waals surface area contributed by atoms with E-state index in [1.807, 2.05) is 0 Å². The Hall–Kier alpha value is -2.09. The van der Waals surface area contributed by atoms with Gasteiger partial charge < -0.3 is 19.1 Å². The third kappa shape index (κ3) is 3.10. The number of benzene rings is 1. The van der Waals surface area contributed by atoms with Crippen molar-refractivity contribution in [3.63, 3.8) is 0 Å². The molecule has 0 saturated carbocycles. The number of halogens is 2. The van der Waals surface area contributed by atoms with Crippen LogP contribution in [0.4, 0.5) is 13.6 Å². The summed E-state index contributed by atoms with van der Waals surface area (Å²) in [5.74, 6) is 0.179. The molecule has 0 radical (unpaired) electrons. The highest BCUT2D eigenvalue weighted by atomic mass is 19.3. The summed E-state index contributed by atoms with van der Waals surface area (Å²) in [6.45, 7) is 2.62. The van der Waals surface area contributed by atoms with Crippen molar-refractivity contribution < 1.29 is 27.8 Å². The van der Waals surface area contributed by atoms with Crippen molar-refractivity contribution in [1.29, 1.82) is 0 Å². The molecule has 3 aliphatic rings. The fourth-order valence-corrected chi connectivity index (χ4v) is 3.82. The Morgan fingerprint density at radius 3 is 2.76 bits per heavy atom. The van der Waals surface area contributed by atoms with E-state index in [0.29, 0.717) is 18.7 Å². The molecule has 1 aromatic carbocycles. The molecule has 6 nitrogen and oxygen atoms in total. The molecular formula is C17H20F2N2O4. The molecule has 0 aromatic heterocycles. The fraction of sp³-hybridized carbons (Fsp3) is 0.588. The second-order valence-electron chi connectivity index (χ2n) is 6.95. The number of rotatable bonds is 2. The van der Waals surface area contributed by atoms with Gasteiger partial charge in [0.2, 0.25) is 0 Å². The van der Waals surface area contributed by atoms with Crippen molar-refractivity contribution in [3.05, 3.63) is 23.8 Å². The molecule has 1 amide bonds. The van der Waals surface area contributed by atoms with Gasteiger partial charge in [-0.2, -0.15) is 0 Å². The molecule has 1 atom stereocenters. The van der Waals surface area contributed by atoms with Crippen LogP contribution < -0.4 is 9.47 Å². The van der Waals surface area contributed by atoms with Crippen LogP contribution in [0, 0.1) is 0 Å². The van der Waals surface area contributed by atoms with Gasteiger partial charge in [-0.3, -0.25) is 4.90 Å². The fourth-order valence-electron chi connectivity index (χ4n) is 3.82. The normalized spacial score (nSPS) is 28.3. The molecule has 4 rings (SSSR count). The van der Waals surface area contributed by atoms with E-state index in [0.717, 1.165) is 32.4 Å². The Kier molecular flexibility index (Phi) is 3.75. The lowest BCUT2D eigenvalue weighted by molar-refractivity contribution is -0.287. The first-order chi connectivity index (χ1) is 11.9. The van der Waals surface area contributed by atoms with Crippen LogP contribution in [-0.2, 0) is 11.3 Å². The number of likely N-dealkylation sites (tertiary alicyclic amines) is 1. The maximum Gasteiger partial charge on any atom is 0.586 e. The van der Waals surface area contributed by atoms with Crippen molar-refractivity contribution in [2.75, 3.05) is 26.7 Å². The molecule has 25 heavy (non-hydrogen) atoms. The van der Waals surface area contributed by atoms with Gasteiger partial charge in [0.1, 0.15) is 5.60 Å². The zero-order valence-corrected chi connectivity index (χ0v) is 14.0. The van der Waals surface area contributed by atoms with E-state index in [1.54, 1.807) is 24.1 Å². The molecule has 2 saturated heterocycles. The summed E-state index contributed by atoms with van der Waals surface area (Å²) in [4.78, 5) is 15.5. The number of amides is 1. The SMILES string of the molecule is CN1C[C@]2(CCCN(Cc3cccc4c3OC(F)(F)O4)CC2)OC1=O. The van der Waals surface area contributed by atoms with E-state index in [2.05, 4.69) is 14.4 Å². The van der Waals surface area contributed by atoms with E-state index >= 15 is 0 Å². The van der Waals surface area contributed by atoms with Gasteiger partial charge in [-0.15, -0.1) is 8.78 Å². The second kappa shape index (κ2) is 5.72. The summed E-state index contributed by atoms with van der Waals surface area (Å²) in [6.07, 6.45) is -1.47. The second-order valence-corrected chi connectivity index (χ2v) is 6.95. The van der Waals surface area contributed by atoms with E-state index in [9.17, 15) is 13.6 Å². The van der Waals surface area contributed by atoms with Crippen LogP contribution >= 0.6 is 0 Å². The summed E-state index contributed by atoms with van der Waals surface area (Å²) in [7, 11) is 1.74. The first-order valence-electron chi connectivity index (χ1n) is 8.40. The van der Waals surface area contributed by atoms with Gasteiger partial charge in [0.25, 0.3) is 0 Å². The van der Waals surface area contributed by atoms with Crippen LogP contribution in [-0.4, -0.2) is 54.5 Å². The predicted molar refractivity (Wildman–Crippen MR) is 83.6 cm³/mol. The highest BCUT2D eigenvalue weighted by Crippen LogP contribution is 2.43. The lowest BCUT2D eigenvalue weighted by Crippen LogP contribution is -2.35. The van der Waals surface area contributed by atoms with Gasteiger partial charge in [0.15, 0.2) is 11.5 Å². The van der Waals surface area contributed by atoms with Crippen LogP contribution in [0.2, 0.25) is 0 Å². The average molecular weight is 354 g/mol. The van der Waals surface area contributed by atoms with Gasteiger partial charge in [0.05, 0.1) is 6.54 Å². The van der Waals surface area contributed by atoms with Crippen molar-refractivity contribution >= 4 is 6.09 Å². The van der Waals surface area contributed by atoms with Crippen molar-refractivity contribution in [2.24, 2.45) is 0 Å². The van der Waals surface area contributed by atoms with Gasteiger partial charge in [-0.1, -0.05) is 12.1 Å². The summed E-state index contributed by atoms with van der Waals surface area (Å²) >= 11 is 0. The Balaban J connectivity index is 1.45. The van der Waals surface area contributed by atoms with E-state index in [-0.39, 0.29) is 17.6 Å². The van der Waals surface area contributed by atoms with Crippen molar-refractivity contribution in [3.8, 4) is 11.5 Å². The van der Waals surface area contributed by atoms with E-state index in [1.165, 1.54) is 6.07 Å². The van der Waals surface area contributed by atoms with Gasteiger partial charge in [-0.05, 0) is 25.5 Å². The zero-order chi connectivity index (χ0) is 17.7. The molecule has 2 fully saturated rings. The van der Waals surface area contributed by atoms with Crippen LogP contribution in [0.5, 0.6) is 11.5 Å². The number of carbonyl (C=O) groups is 1. The number of ether oxygens (including phenoxy) is 3. The number of hydrogen-bond acceptors (Lipinski definition) is 5. The number of hydrogen-bond donors (Lipinski definition) is 0. The van der Waals surface area contributed by atoms with Crippen LogP contribution in [0.1, 0.15) is 24.8 Å². The minimum absolute atomic E-state index is 0.0696. The third-order valence-corrected chi connectivity index (χ3v) is 5.04. The number of fused-ring (bicyclic) bond motifs is 1. The quantitative estimate of drug-likeness (QED) is 0.817. The van der Waals surface area contributed by atoms with Gasteiger partial charge in [0, 0.05) is 32.1 Å². The molecule has 1 spiro atoms. The van der Waals surface area contributed by atoms with Crippen LogP contribution in [0.25, 0.3) is 0 Å². The highest BCUT2D eigenvalue weighted by molar-refractivity contribution is 5.70. The average Bonchev–Trinajstić information content (AvgIpc) is 2.92. The van der Waals surface area contributed by atoms with E-state index in [4.69, 9.17) is 4.74 Å². The molecule has 8 heteroatoms. The highest BCUT2D eigenvalue weighted by Gasteiger charge is 2.46. The molecule has 3 aliphatic heterocycles. The summed E-state index contributed by atoms with van der Waals surface area (Å²) < 4.78 is 41.4. The molecule has 0 N–H and O–H groups in total. The Bertz CT molecular complexity index is 699. The molecule has 0 bridgehead atoms. The predicted octanol–water partition coefficient (Wildman–Crippen LogP) is 2.81. The molecule has 1 aromatic rings. The molecule has 0 aliphatic carbocycles. The minimum Gasteiger partial charge on any atom is -0.441 e. The molecule has 0 unspecified atom stereocenters. The number of carbonyl (C=O) groups excluding carboxylic acids is 1. The lowest BCUT2D eigenvalue weighted by Gasteiger charge is -2.25. The van der Waals surface area contributed by atoms with Crippen molar-refractivity contribution in [1.82, 2.24) is 9.80 Å². The Morgan fingerprint density at radius 2 is 2.00 bits per heavy atom. The molecule has 136 valence electrons. The van der Waals surface area contributed by atoms with Crippen LogP contribution in [0.3, 0.4) is 0 Å². The molecule has 3 heterocycles. The van der Waals surface area contributed by atoms with Crippen molar-refractivity contribution in [2.45, 2.75) is 37.7 Å². The summed E-state index contributed by atoms with van der Waals surface area (Å²) in [5, 5.41) is 0. The Morgan fingerprint density at radius 1 is 1.16 bits per heavy atom. The number of nitrogens with zero attached hydrogens (tertiary/aromatic N) is 2. The standard InChI is InChI=1S/C17H20F2N2O4/c1-20-11-16(25-15(20)22)6-3-8-21(9-7-16)10-12-4-2-5-13-14(12)24-17(18,19)23-13/h2,4-5H,3,6-11H2,1H3/t16-/m1/s1. The van der Waals surface area contributed by atoms with E-state index < -0.39 is 11.9 Å². The topological polar surface area (TPSA) is 51.2 Å². The number of alkyl halides is 2. The summed E-state index contributed by atoms with van der Waals surface area (Å²) in [6, 6.07) is 4.94.